The van der Waals surface area contributed by atoms with Crippen LogP contribution in [0.4, 0.5) is 17.1 Å². The standard InChI is InChI=1S/C19H17N5O5S/c1-29-17-8-5-14(6-9-17)23-30(27,28)19-12-16(24(25)26)7-10-18(19)22-21-13-15-4-2-3-11-20-15/h2-13,22-23H,1H3. The average molecular weight is 427 g/mol. The Morgan fingerprint density at radius 1 is 1.13 bits per heavy atom. The van der Waals surface area contributed by atoms with Crippen LogP contribution in [0.3, 0.4) is 0 Å². The first kappa shape index (κ1) is 20.7. The molecule has 30 heavy (non-hydrogen) atoms. The topological polar surface area (TPSA) is 136 Å². The third-order valence-electron chi connectivity index (χ3n) is 3.88. The molecule has 154 valence electrons. The molecule has 0 aliphatic heterocycles. The van der Waals surface area contributed by atoms with Crippen molar-refractivity contribution in [3.8, 4) is 5.75 Å². The van der Waals surface area contributed by atoms with Crippen molar-refractivity contribution in [2.75, 3.05) is 17.3 Å². The number of nitro groups is 1. The van der Waals surface area contributed by atoms with E-state index in [1.165, 1.54) is 37.6 Å². The lowest BCUT2D eigenvalue weighted by Gasteiger charge is -2.12. The lowest BCUT2D eigenvalue weighted by atomic mass is 10.3. The van der Waals surface area contributed by atoms with Gasteiger partial charge in [-0.15, -0.1) is 0 Å². The highest BCUT2D eigenvalue weighted by Crippen LogP contribution is 2.28. The Balaban J connectivity index is 1.92. The number of hydrogen-bond acceptors (Lipinski definition) is 8. The molecule has 0 aliphatic carbocycles. The van der Waals surface area contributed by atoms with Gasteiger partial charge in [-0.3, -0.25) is 25.2 Å². The summed E-state index contributed by atoms with van der Waals surface area (Å²) in [6.45, 7) is 0. The van der Waals surface area contributed by atoms with Gasteiger partial charge >= 0.3 is 0 Å². The lowest BCUT2D eigenvalue weighted by molar-refractivity contribution is -0.385. The molecule has 0 saturated heterocycles. The minimum absolute atomic E-state index is 0.0637. The van der Waals surface area contributed by atoms with E-state index in [-0.39, 0.29) is 22.0 Å². The van der Waals surface area contributed by atoms with Crippen LogP contribution in [-0.2, 0) is 10.0 Å². The highest BCUT2D eigenvalue weighted by molar-refractivity contribution is 7.92. The van der Waals surface area contributed by atoms with Gasteiger partial charge in [-0.25, -0.2) is 8.42 Å². The molecule has 0 fully saturated rings. The van der Waals surface area contributed by atoms with E-state index in [0.717, 1.165) is 6.07 Å². The van der Waals surface area contributed by atoms with E-state index >= 15 is 0 Å². The zero-order chi connectivity index (χ0) is 21.6. The predicted molar refractivity (Wildman–Crippen MR) is 112 cm³/mol. The van der Waals surface area contributed by atoms with Gasteiger partial charge in [0, 0.05) is 24.0 Å². The Hall–Kier alpha value is -3.99. The quantitative estimate of drug-likeness (QED) is 0.320. The molecule has 0 aliphatic rings. The number of nitrogens with one attached hydrogen (secondary N) is 2. The summed E-state index contributed by atoms with van der Waals surface area (Å²) in [5, 5.41) is 15.1. The zero-order valence-electron chi connectivity index (χ0n) is 15.7. The number of anilines is 2. The molecule has 0 saturated carbocycles. The van der Waals surface area contributed by atoms with Gasteiger partial charge in [0.25, 0.3) is 15.7 Å². The first-order valence-electron chi connectivity index (χ1n) is 8.54. The Bertz CT molecular complexity index is 1170. The summed E-state index contributed by atoms with van der Waals surface area (Å²) >= 11 is 0. The molecule has 11 heteroatoms. The van der Waals surface area contributed by atoms with Crippen molar-refractivity contribution in [1.82, 2.24) is 4.98 Å². The van der Waals surface area contributed by atoms with Crippen molar-refractivity contribution in [1.29, 1.82) is 0 Å². The van der Waals surface area contributed by atoms with E-state index in [1.54, 1.807) is 36.5 Å². The van der Waals surface area contributed by atoms with E-state index in [4.69, 9.17) is 4.74 Å². The number of ether oxygens (including phenoxy) is 1. The highest BCUT2D eigenvalue weighted by Gasteiger charge is 2.22. The van der Waals surface area contributed by atoms with Crippen molar-refractivity contribution >= 4 is 33.3 Å². The molecule has 3 rings (SSSR count). The second-order valence-corrected chi connectivity index (χ2v) is 7.55. The lowest BCUT2D eigenvalue weighted by Crippen LogP contribution is -2.15. The van der Waals surface area contributed by atoms with Crippen molar-refractivity contribution < 1.29 is 18.1 Å². The van der Waals surface area contributed by atoms with Crippen LogP contribution in [0.1, 0.15) is 5.69 Å². The number of hydrogen-bond donors (Lipinski definition) is 2. The maximum absolute atomic E-state index is 12.9. The molecule has 1 aromatic heterocycles. The zero-order valence-corrected chi connectivity index (χ0v) is 16.5. The Morgan fingerprint density at radius 2 is 1.90 bits per heavy atom. The van der Waals surface area contributed by atoms with Gasteiger partial charge in [0.15, 0.2) is 0 Å². The molecule has 0 unspecified atom stereocenters. The van der Waals surface area contributed by atoms with E-state index in [1.807, 2.05) is 0 Å². The number of aromatic nitrogens is 1. The van der Waals surface area contributed by atoms with E-state index in [9.17, 15) is 18.5 Å². The van der Waals surface area contributed by atoms with Crippen molar-refractivity contribution in [2.45, 2.75) is 4.90 Å². The largest absolute Gasteiger partial charge is 0.497 e. The molecular weight excluding hydrogens is 410 g/mol. The SMILES string of the molecule is COc1ccc(NS(=O)(=O)c2cc([N+](=O)[O-])ccc2NN=Cc2ccccn2)cc1. The smallest absolute Gasteiger partial charge is 0.270 e. The van der Waals surface area contributed by atoms with Crippen LogP contribution in [0.15, 0.2) is 76.9 Å². The molecule has 10 nitrogen and oxygen atoms in total. The van der Waals surface area contributed by atoms with Crippen LogP contribution in [0.5, 0.6) is 5.75 Å². The normalized spacial score (nSPS) is 11.2. The molecule has 0 atom stereocenters. The van der Waals surface area contributed by atoms with Gasteiger partial charge in [0.05, 0.1) is 29.6 Å². The molecule has 2 N–H and O–H groups in total. The second-order valence-electron chi connectivity index (χ2n) is 5.90. The van der Waals surface area contributed by atoms with Crippen LogP contribution in [0, 0.1) is 10.1 Å². The fourth-order valence-electron chi connectivity index (χ4n) is 2.43. The number of nitrogens with zero attached hydrogens (tertiary/aromatic N) is 3. The number of nitro benzene ring substituents is 1. The Labute approximate surface area is 172 Å². The summed E-state index contributed by atoms with van der Waals surface area (Å²) in [5.41, 5.74) is 3.12. The van der Waals surface area contributed by atoms with Gasteiger partial charge in [0.1, 0.15) is 10.6 Å². The summed E-state index contributed by atoms with van der Waals surface area (Å²) in [4.78, 5) is 14.2. The fourth-order valence-corrected chi connectivity index (χ4v) is 3.66. The highest BCUT2D eigenvalue weighted by atomic mass is 32.2. The number of hydrazone groups is 1. The van der Waals surface area contributed by atoms with Crippen LogP contribution >= 0.6 is 0 Å². The average Bonchev–Trinajstić information content (AvgIpc) is 2.75. The number of methoxy groups -OCH3 is 1. The molecule has 3 aromatic rings. The number of rotatable bonds is 8. The van der Waals surface area contributed by atoms with E-state index in [2.05, 4.69) is 20.2 Å². The monoisotopic (exact) mass is 427 g/mol. The number of pyridine rings is 1. The molecule has 0 amide bonds. The number of non-ortho nitro benzene ring substituents is 1. The Kier molecular flexibility index (Phi) is 6.23. The third-order valence-corrected chi connectivity index (χ3v) is 5.30. The van der Waals surface area contributed by atoms with Crippen LogP contribution in [-0.4, -0.2) is 31.6 Å². The molecule has 2 aromatic carbocycles. The third kappa shape index (κ3) is 5.08. The molecule has 0 bridgehead atoms. The summed E-state index contributed by atoms with van der Waals surface area (Å²) < 4.78 is 33.3. The molecule has 0 radical (unpaired) electrons. The first-order valence-corrected chi connectivity index (χ1v) is 10.0. The van der Waals surface area contributed by atoms with Crippen LogP contribution in [0.25, 0.3) is 0 Å². The van der Waals surface area contributed by atoms with Gasteiger partial charge in [-0.05, 0) is 42.5 Å². The minimum Gasteiger partial charge on any atom is -0.497 e. The number of sulfonamides is 1. The van der Waals surface area contributed by atoms with E-state index < -0.39 is 14.9 Å². The van der Waals surface area contributed by atoms with Gasteiger partial charge in [-0.1, -0.05) is 6.07 Å². The number of benzene rings is 2. The van der Waals surface area contributed by atoms with Gasteiger partial charge in [-0.2, -0.15) is 5.10 Å². The molecular formula is C19H17N5O5S. The van der Waals surface area contributed by atoms with Crippen LogP contribution < -0.4 is 14.9 Å². The summed E-state index contributed by atoms with van der Waals surface area (Å²) in [6.07, 6.45) is 2.98. The van der Waals surface area contributed by atoms with Crippen molar-refractivity contribution in [3.63, 3.8) is 0 Å². The van der Waals surface area contributed by atoms with E-state index in [0.29, 0.717) is 11.4 Å². The molecule has 1 heterocycles. The summed E-state index contributed by atoms with van der Waals surface area (Å²) in [7, 11) is -2.67. The van der Waals surface area contributed by atoms with Crippen molar-refractivity contribution in [3.05, 3.63) is 82.7 Å². The van der Waals surface area contributed by atoms with Gasteiger partial charge in [0.2, 0.25) is 0 Å². The first-order chi connectivity index (χ1) is 14.4. The Morgan fingerprint density at radius 3 is 2.53 bits per heavy atom. The fraction of sp³-hybridized carbons (Fsp3) is 0.0526. The maximum Gasteiger partial charge on any atom is 0.270 e. The predicted octanol–water partition coefficient (Wildman–Crippen LogP) is 3.25. The molecule has 0 spiro atoms. The minimum atomic E-state index is -4.16. The summed E-state index contributed by atoms with van der Waals surface area (Å²) in [6, 6.07) is 14.9. The van der Waals surface area contributed by atoms with Gasteiger partial charge < -0.3 is 4.74 Å². The van der Waals surface area contributed by atoms with Crippen molar-refractivity contribution in [2.24, 2.45) is 5.10 Å². The van der Waals surface area contributed by atoms with Crippen LogP contribution in [0.2, 0.25) is 0 Å². The second kappa shape index (κ2) is 9.01. The maximum atomic E-state index is 12.9. The summed E-state index contributed by atoms with van der Waals surface area (Å²) in [5.74, 6) is 0.555.